The number of nitrogens with two attached hydrogens (primary N) is 1. The van der Waals surface area contributed by atoms with Crippen molar-refractivity contribution >= 4 is 34.5 Å². The van der Waals surface area contributed by atoms with Crippen LogP contribution < -0.4 is 10.6 Å². The second-order valence-electron chi connectivity index (χ2n) is 8.56. The number of nitrogens with zero attached hydrogens (tertiary/aromatic N) is 3. The lowest BCUT2D eigenvalue weighted by molar-refractivity contribution is 0.596. The molecule has 0 radical (unpaired) electrons. The minimum atomic E-state index is -0.947. The maximum absolute atomic E-state index is 7.28. The molecule has 2 heterocycles. The predicted octanol–water partition coefficient (Wildman–Crippen LogP) is 6.37. The monoisotopic (exact) mass is 486 g/mol. The summed E-state index contributed by atoms with van der Waals surface area (Å²) >= 11 is 12.5. The Morgan fingerprint density at radius 2 is 1.65 bits per heavy atom. The lowest BCUT2D eigenvalue weighted by atomic mass is 9.79. The van der Waals surface area contributed by atoms with Gasteiger partial charge in [-0.15, -0.1) is 0 Å². The van der Waals surface area contributed by atoms with E-state index in [-0.39, 0.29) is 0 Å². The Labute approximate surface area is 209 Å². The number of hydrogen-bond acceptors (Lipinski definition) is 3. The molecule has 1 atom stereocenters. The van der Waals surface area contributed by atoms with Crippen LogP contribution in [0.4, 0.5) is 5.69 Å². The summed E-state index contributed by atoms with van der Waals surface area (Å²) in [6, 6.07) is 21.9. The third-order valence-electron chi connectivity index (χ3n) is 6.50. The number of allylic oxidation sites excluding steroid dienone is 1. The number of rotatable bonds is 4. The van der Waals surface area contributed by atoms with Crippen LogP contribution in [0.5, 0.6) is 0 Å². The van der Waals surface area contributed by atoms with Gasteiger partial charge in [0.2, 0.25) is 0 Å². The highest BCUT2D eigenvalue weighted by atomic mass is 35.5. The highest BCUT2D eigenvalue weighted by Crippen LogP contribution is 2.42. The van der Waals surface area contributed by atoms with Crippen LogP contribution in [0.3, 0.4) is 0 Å². The van der Waals surface area contributed by atoms with Gasteiger partial charge in [0.05, 0.1) is 18.2 Å². The molecule has 0 bridgehead atoms. The smallest absolute Gasteiger partial charge is 0.109 e. The van der Waals surface area contributed by atoms with Crippen molar-refractivity contribution < 1.29 is 0 Å². The SMILES string of the molecule is C=C1C=C(c2cccc(Cl)c2)c2cc(C(N)(c3ccc(Cl)cc3)c3cncn3C)ccc2N1C. The molecule has 2 N–H and O–H groups in total. The zero-order chi connectivity index (χ0) is 24.0. The van der Waals surface area contributed by atoms with E-state index in [0.717, 1.165) is 44.9 Å². The van der Waals surface area contributed by atoms with Crippen molar-refractivity contribution in [2.45, 2.75) is 5.54 Å². The van der Waals surface area contributed by atoms with E-state index in [2.05, 4.69) is 46.8 Å². The summed E-state index contributed by atoms with van der Waals surface area (Å²) in [5, 5.41) is 1.35. The highest BCUT2D eigenvalue weighted by molar-refractivity contribution is 6.31. The van der Waals surface area contributed by atoms with Crippen LogP contribution in [0.15, 0.2) is 97.6 Å². The van der Waals surface area contributed by atoms with Gasteiger partial charge in [-0.05, 0) is 64.7 Å². The van der Waals surface area contributed by atoms with Crippen molar-refractivity contribution in [1.82, 2.24) is 9.55 Å². The van der Waals surface area contributed by atoms with Crippen molar-refractivity contribution in [3.8, 4) is 0 Å². The highest BCUT2D eigenvalue weighted by Gasteiger charge is 2.36. The van der Waals surface area contributed by atoms with Crippen molar-refractivity contribution in [3.05, 3.63) is 136 Å². The summed E-state index contributed by atoms with van der Waals surface area (Å²) in [6.45, 7) is 4.24. The largest absolute Gasteiger partial charge is 0.345 e. The maximum Gasteiger partial charge on any atom is 0.109 e. The molecule has 1 aromatic heterocycles. The normalized spacial score (nSPS) is 15.0. The third kappa shape index (κ3) is 3.64. The number of anilines is 1. The molecule has 0 spiro atoms. The Bertz CT molecular complexity index is 1440. The van der Waals surface area contributed by atoms with Gasteiger partial charge < -0.3 is 15.2 Å². The van der Waals surface area contributed by atoms with Gasteiger partial charge in [0.1, 0.15) is 5.54 Å². The molecule has 0 fully saturated rings. The first kappa shape index (κ1) is 22.5. The molecule has 0 aliphatic carbocycles. The number of aromatic nitrogens is 2. The van der Waals surface area contributed by atoms with E-state index in [1.807, 2.05) is 67.3 Å². The van der Waals surface area contributed by atoms with Crippen LogP contribution in [0.1, 0.15) is 27.9 Å². The molecule has 0 amide bonds. The summed E-state index contributed by atoms with van der Waals surface area (Å²) < 4.78 is 1.95. The summed E-state index contributed by atoms with van der Waals surface area (Å²) in [6.07, 6.45) is 5.67. The first-order chi connectivity index (χ1) is 16.3. The van der Waals surface area contributed by atoms with Crippen LogP contribution in [-0.4, -0.2) is 16.6 Å². The van der Waals surface area contributed by atoms with Crippen LogP contribution in [-0.2, 0) is 12.6 Å². The second kappa shape index (κ2) is 8.48. The van der Waals surface area contributed by atoms with Crippen LogP contribution in [0.2, 0.25) is 10.0 Å². The quantitative estimate of drug-likeness (QED) is 0.364. The van der Waals surface area contributed by atoms with E-state index in [4.69, 9.17) is 28.9 Å². The zero-order valence-electron chi connectivity index (χ0n) is 19.0. The molecule has 170 valence electrons. The average molecular weight is 487 g/mol. The number of hydrogen-bond donors (Lipinski definition) is 1. The number of halogens is 2. The molecular formula is C28H24Cl2N4. The first-order valence-corrected chi connectivity index (χ1v) is 11.6. The third-order valence-corrected chi connectivity index (χ3v) is 6.99. The second-order valence-corrected chi connectivity index (χ2v) is 9.43. The van der Waals surface area contributed by atoms with Gasteiger partial charge in [-0.3, -0.25) is 0 Å². The first-order valence-electron chi connectivity index (χ1n) is 10.9. The van der Waals surface area contributed by atoms with E-state index in [9.17, 15) is 0 Å². The van der Waals surface area contributed by atoms with Gasteiger partial charge in [-0.2, -0.15) is 0 Å². The van der Waals surface area contributed by atoms with E-state index in [0.29, 0.717) is 10.0 Å². The maximum atomic E-state index is 7.28. The van der Waals surface area contributed by atoms with Gasteiger partial charge >= 0.3 is 0 Å². The van der Waals surface area contributed by atoms with Gasteiger partial charge in [0.25, 0.3) is 0 Å². The van der Waals surface area contributed by atoms with Crippen LogP contribution in [0.25, 0.3) is 5.57 Å². The van der Waals surface area contributed by atoms with Crippen LogP contribution >= 0.6 is 23.2 Å². The lowest BCUT2D eigenvalue weighted by Crippen LogP contribution is -2.41. The summed E-state index contributed by atoms with van der Waals surface area (Å²) in [4.78, 5) is 6.43. The fraction of sp³-hybridized carbons (Fsp3) is 0.107. The molecule has 0 saturated carbocycles. The Morgan fingerprint density at radius 3 is 2.32 bits per heavy atom. The molecular weight excluding hydrogens is 463 g/mol. The van der Waals surface area contributed by atoms with Gasteiger partial charge in [-0.25, -0.2) is 4.98 Å². The molecule has 1 unspecified atom stereocenters. The fourth-order valence-electron chi connectivity index (χ4n) is 4.59. The van der Waals surface area contributed by atoms with Gasteiger partial charge in [0.15, 0.2) is 0 Å². The number of benzene rings is 3. The average Bonchev–Trinajstić information content (AvgIpc) is 3.27. The van der Waals surface area contributed by atoms with Crippen molar-refractivity contribution in [3.63, 3.8) is 0 Å². The van der Waals surface area contributed by atoms with Crippen molar-refractivity contribution in [2.75, 3.05) is 11.9 Å². The lowest BCUT2D eigenvalue weighted by Gasteiger charge is -2.34. The minimum absolute atomic E-state index is 0.660. The van der Waals surface area contributed by atoms with Crippen molar-refractivity contribution in [1.29, 1.82) is 0 Å². The molecule has 5 rings (SSSR count). The zero-order valence-corrected chi connectivity index (χ0v) is 20.5. The van der Waals surface area contributed by atoms with Gasteiger partial charge in [-0.1, -0.05) is 60.1 Å². The van der Waals surface area contributed by atoms with Gasteiger partial charge in [0, 0.05) is 41.1 Å². The number of likely N-dealkylation sites (N-methyl/N-ethyl adjacent to an activating group) is 1. The predicted molar refractivity (Wildman–Crippen MR) is 141 cm³/mol. The molecule has 1 aliphatic rings. The number of fused-ring (bicyclic) bond motifs is 1. The van der Waals surface area contributed by atoms with E-state index in [1.54, 1.807) is 6.33 Å². The van der Waals surface area contributed by atoms with Crippen molar-refractivity contribution in [2.24, 2.45) is 12.8 Å². The minimum Gasteiger partial charge on any atom is -0.345 e. The molecule has 0 saturated heterocycles. The molecule has 3 aromatic carbocycles. The molecule has 34 heavy (non-hydrogen) atoms. The molecule has 4 aromatic rings. The molecule has 6 heteroatoms. The number of aryl methyl sites for hydroxylation is 1. The Hall–Kier alpha value is -3.31. The Kier molecular flexibility index (Phi) is 5.61. The van der Waals surface area contributed by atoms with E-state index in [1.165, 1.54) is 0 Å². The molecule has 4 nitrogen and oxygen atoms in total. The van der Waals surface area contributed by atoms with E-state index >= 15 is 0 Å². The fourth-order valence-corrected chi connectivity index (χ4v) is 4.91. The number of imidazole rings is 1. The summed E-state index contributed by atoms with van der Waals surface area (Å²) in [5.74, 6) is 0. The molecule has 1 aliphatic heterocycles. The Morgan fingerprint density at radius 1 is 0.912 bits per heavy atom. The Balaban J connectivity index is 1.76. The summed E-state index contributed by atoms with van der Waals surface area (Å²) in [5.41, 5.74) is 14.1. The standard InChI is InChI=1S/C28H24Cl2N4/c1-18-13-24(19-5-4-6-23(30)14-19)25-15-21(9-12-26(25)34(18)3)28(31,27-16-32-17-33(27)2)20-7-10-22(29)11-8-20/h4-17H,1,31H2,2-3H3. The summed E-state index contributed by atoms with van der Waals surface area (Å²) in [7, 11) is 3.97. The van der Waals surface area contributed by atoms with Crippen LogP contribution in [0, 0.1) is 0 Å². The van der Waals surface area contributed by atoms with E-state index < -0.39 is 5.54 Å². The topological polar surface area (TPSA) is 47.1 Å².